The largest absolute Gasteiger partial charge is 0.497 e. The average molecular weight is 367 g/mol. The van der Waals surface area contributed by atoms with Gasteiger partial charge >= 0.3 is 0 Å². The van der Waals surface area contributed by atoms with E-state index in [1.165, 1.54) is 5.56 Å². The predicted molar refractivity (Wildman–Crippen MR) is 105 cm³/mol. The SMILES string of the molecule is CCCc1ncc(CN2[C@@H]3CC[C@@H]2CC(O)(c2ccc(OC)cc2)C3)cn1. The maximum absolute atomic E-state index is 11.4. The van der Waals surface area contributed by atoms with Gasteiger partial charge in [0.1, 0.15) is 11.6 Å². The van der Waals surface area contributed by atoms with Gasteiger partial charge in [0.15, 0.2) is 0 Å². The number of piperidine rings is 1. The van der Waals surface area contributed by atoms with E-state index in [-0.39, 0.29) is 0 Å². The lowest BCUT2D eigenvalue weighted by Crippen LogP contribution is -2.49. The zero-order chi connectivity index (χ0) is 18.9. The fourth-order valence-electron chi connectivity index (χ4n) is 4.74. The van der Waals surface area contributed by atoms with Gasteiger partial charge in [0.05, 0.1) is 12.7 Å². The van der Waals surface area contributed by atoms with Crippen LogP contribution in [0, 0.1) is 0 Å². The van der Waals surface area contributed by atoms with Crippen molar-refractivity contribution < 1.29 is 9.84 Å². The summed E-state index contributed by atoms with van der Waals surface area (Å²) in [4.78, 5) is 11.5. The zero-order valence-corrected chi connectivity index (χ0v) is 16.3. The Kier molecular flexibility index (Phi) is 5.15. The van der Waals surface area contributed by atoms with Crippen molar-refractivity contribution in [1.82, 2.24) is 14.9 Å². The summed E-state index contributed by atoms with van der Waals surface area (Å²) in [6.07, 6.45) is 9.82. The number of aryl methyl sites for hydroxylation is 1. The first-order valence-electron chi connectivity index (χ1n) is 10.0. The van der Waals surface area contributed by atoms with Gasteiger partial charge < -0.3 is 9.84 Å². The molecule has 0 unspecified atom stereocenters. The number of fused-ring (bicyclic) bond motifs is 2. The molecule has 5 heteroatoms. The Morgan fingerprint density at radius 1 is 1.11 bits per heavy atom. The van der Waals surface area contributed by atoms with Crippen molar-refractivity contribution in [2.75, 3.05) is 7.11 Å². The summed E-state index contributed by atoms with van der Waals surface area (Å²) in [5, 5.41) is 11.4. The minimum absolute atomic E-state index is 0.408. The van der Waals surface area contributed by atoms with Crippen molar-refractivity contribution in [2.45, 2.75) is 69.7 Å². The third kappa shape index (κ3) is 3.71. The molecule has 2 aliphatic rings. The molecule has 1 aromatic heterocycles. The molecule has 0 aliphatic carbocycles. The van der Waals surface area contributed by atoms with Crippen molar-refractivity contribution in [3.63, 3.8) is 0 Å². The molecule has 4 rings (SSSR count). The van der Waals surface area contributed by atoms with E-state index in [0.717, 1.165) is 62.2 Å². The molecule has 144 valence electrons. The van der Waals surface area contributed by atoms with E-state index in [1.54, 1.807) is 7.11 Å². The smallest absolute Gasteiger partial charge is 0.128 e. The van der Waals surface area contributed by atoms with Crippen LogP contribution in [-0.4, -0.2) is 39.2 Å². The Balaban J connectivity index is 1.46. The summed E-state index contributed by atoms with van der Waals surface area (Å²) in [6, 6.07) is 8.72. The number of hydrogen-bond donors (Lipinski definition) is 1. The predicted octanol–water partition coefficient (Wildman–Crippen LogP) is 3.45. The minimum Gasteiger partial charge on any atom is -0.497 e. The second-order valence-electron chi connectivity index (χ2n) is 7.98. The monoisotopic (exact) mass is 367 g/mol. The van der Waals surface area contributed by atoms with E-state index in [9.17, 15) is 5.11 Å². The molecule has 2 saturated heterocycles. The lowest BCUT2D eigenvalue weighted by atomic mass is 9.80. The quantitative estimate of drug-likeness (QED) is 0.847. The van der Waals surface area contributed by atoms with Crippen LogP contribution in [0.1, 0.15) is 56.0 Å². The van der Waals surface area contributed by atoms with E-state index in [2.05, 4.69) is 21.8 Å². The molecule has 2 bridgehead atoms. The highest BCUT2D eigenvalue weighted by molar-refractivity contribution is 5.32. The van der Waals surface area contributed by atoms with E-state index in [4.69, 9.17) is 4.74 Å². The van der Waals surface area contributed by atoms with Crippen LogP contribution in [0.25, 0.3) is 0 Å². The highest BCUT2D eigenvalue weighted by Gasteiger charge is 2.48. The molecule has 0 amide bonds. The van der Waals surface area contributed by atoms with Crippen LogP contribution in [0.4, 0.5) is 0 Å². The summed E-state index contributed by atoms with van der Waals surface area (Å²) in [5.41, 5.74) is 1.43. The second-order valence-corrected chi connectivity index (χ2v) is 7.98. The molecule has 2 aliphatic heterocycles. The number of aliphatic hydroxyl groups is 1. The summed E-state index contributed by atoms with van der Waals surface area (Å²) >= 11 is 0. The minimum atomic E-state index is -0.740. The molecule has 0 spiro atoms. The number of ether oxygens (including phenoxy) is 1. The highest BCUT2D eigenvalue weighted by Crippen LogP contribution is 2.46. The van der Waals surface area contributed by atoms with E-state index in [1.807, 2.05) is 36.7 Å². The molecule has 2 atom stereocenters. The summed E-state index contributed by atoms with van der Waals surface area (Å²) in [5.74, 6) is 1.76. The van der Waals surface area contributed by atoms with Crippen molar-refractivity contribution >= 4 is 0 Å². The van der Waals surface area contributed by atoms with Gasteiger partial charge in [0.2, 0.25) is 0 Å². The molecule has 27 heavy (non-hydrogen) atoms. The van der Waals surface area contributed by atoms with Gasteiger partial charge in [-0.05, 0) is 49.8 Å². The number of methoxy groups -OCH3 is 1. The van der Waals surface area contributed by atoms with Crippen LogP contribution >= 0.6 is 0 Å². The molecule has 0 saturated carbocycles. The molecular weight excluding hydrogens is 338 g/mol. The molecular formula is C22H29N3O2. The van der Waals surface area contributed by atoms with Gasteiger partial charge in [-0.15, -0.1) is 0 Å². The second kappa shape index (κ2) is 7.56. The fourth-order valence-corrected chi connectivity index (χ4v) is 4.74. The molecule has 1 N–H and O–H groups in total. The number of nitrogens with zero attached hydrogens (tertiary/aromatic N) is 3. The number of hydrogen-bond acceptors (Lipinski definition) is 5. The van der Waals surface area contributed by atoms with Crippen LogP contribution in [0.15, 0.2) is 36.7 Å². The first kappa shape index (κ1) is 18.4. The third-order valence-electron chi connectivity index (χ3n) is 6.14. The van der Waals surface area contributed by atoms with Crippen LogP contribution in [0.3, 0.4) is 0 Å². The maximum atomic E-state index is 11.4. The standard InChI is InChI=1S/C22H29N3O2/c1-3-4-21-23-13-16(14-24-21)15-25-18-7-8-19(25)12-22(26,11-18)17-5-9-20(27-2)10-6-17/h5-6,9-10,13-14,18-19,26H,3-4,7-8,11-12,15H2,1-2H3/t18-,19-/m1/s1. The maximum Gasteiger partial charge on any atom is 0.128 e. The van der Waals surface area contributed by atoms with Crippen LogP contribution in [-0.2, 0) is 18.6 Å². The lowest BCUT2D eigenvalue weighted by molar-refractivity contribution is -0.0595. The highest BCUT2D eigenvalue weighted by atomic mass is 16.5. The van der Waals surface area contributed by atoms with E-state index in [0.29, 0.717) is 12.1 Å². The van der Waals surface area contributed by atoms with Crippen molar-refractivity contribution in [3.8, 4) is 5.75 Å². The summed E-state index contributed by atoms with van der Waals surface area (Å²) in [7, 11) is 1.67. The van der Waals surface area contributed by atoms with Crippen LogP contribution in [0.5, 0.6) is 5.75 Å². The normalized spacial score (nSPS) is 27.7. The molecule has 2 fully saturated rings. The Bertz CT molecular complexity index is 746. The molecule has 3 heterocycles. The first-order valence-corrected chi connectivity index (χ1v) is 10.0. The molecule has 1 aromatic carbocycles. The zero-order valence-electron chi connectivity index (χ0n) is 16.3. The Hall–Kier alpha value is -1.98. The topological polar surface area (TPSA) is 58.5 Å². The van der Waals surface area contributed by atoms with Crippen molar-refractivity contribution in [3.05, 3.63) is 53.6 Å². The van der Waals surface area contributed by atoms with Gasteiger partial charge in [-0.25, -0.2) is 9.97 Å². The van der Waals surface area contributed by atoms with Crippen molar-refractivity contribution in [2.24, 2.45) is 0 Å². The molecule has 2 aromatic rings. The Morgan fingerprint density at radius 3 is 2.30 bits per heavy atom. The molecule has 5 nitrogen and oxygen atoms in total. The summed E-state index contributed by atoms with van der Waals surface area (Å²) < 4.78 is 5.25. The summed E-state index contributed by atoms with van der Waals surface area (Å²) in [6.45, 7) is 3.02. The number of rotatable bonds is 6. The number of benzene rings is 1. The van der Waals surface area contributed by atoms with Gasteiger partial charge in [0.25, 0.3) is 0 Å². The van der Waals surface area contributed by atoms with Crippen LogP contribution in [0.2, 0.25) is 0 Å². The van der Waals surface area contributed by atoms with Gasteiger partial charge in [-0.1, -0.05) is 19.1 Å². The fraction of sp³-hybridized carbons (Fsp3) is 0.545. The Morgan fingerprint density at radius 2 is 1.74 bits per heavy atom. The number of aromatic nitrogens is 2. The van der Waals surface area contributed by atoms with Crippen molar-refractivity contribution in [1.29, 1.82) is 0 Å². The van der Waals surface area contributed by atoms with Gasteiger partial charge in [-0.3, -0.25) is 4.90 Å². The third-order valence-corrected chi connectivity index (χ3v) is 6.14. The van der Waals surface area contributed by atoms with E-state index < -0.39 is 5.60 Å². The average Bonchev–Trinajstić information content (AvgIpc) is 2.93. The van der Waals surface area contributed by atoms with Gasteiger partial charge in [-0.2, -0.15) is 0 Å². The van der Waals surface area contributed by atoms with Crippen LogP contribution < -0.4 is 4.74 Å². The van der Waals surface area contributed by atoms with Gasteiger partial charge in [0, 0.05) is 43.0 Å². The van der Waals surface area contributed by atoms with E-state index >= 15 is 0 Å². The lowest BCUT2D eigenvalue weighted by Gasteiger charge is -2.44. The Labute approximate surface area is 161 Å². The molecule has 0 radical (unpaired) electrons. The first-order chi connectivity index (χ1) is 13.1.